The Kier molecular flexibility index (Phi) is 3.78. The van der Waals surface area contributed by atoms with Crippen molar-refractivity contribution in [1.82, 2.24) is 0 Å². The quantitative estimate of drug-likeness (QED) is 0.757. The summed E-state index contributed by atoms with van der Waals surface area (Å²) in [6.45, 7) is 1.79. The van der Waals surface area contributed by atoms with Crippen molar-refractivity contribution in [1.29, 1.82) is 0 Å². The summed E-state index contributed by atoms with van der Waals surface area (Å²) in [6.07, 6.45) is 0.232. The highest BCUT2D eigenvalue weighted by Gasteiger charge is 2.12. The Morgan fingerprint density at radius 2 is 1.94 bits per heavy atom. The Hall–Kier alpha value is -1.67. The third-order valence-electron chi connectivity index (χ3n) is 2.83. The molecule has 0 unspecified atom stereocenters. The summed E-state index contributed by atoms with van der Waals surface area (Å²) < 4.78 is 13.0. The fourth-order valence-corrected chi connectivity index (χ4v) is 2.05. The molecule has 0 bridgehead atoms. The maximum absolute atomic E-state index is 13.0. The molecule has 0 amide bonds. The molecule has 0 aliphatic rings. The Morgan fingerprint density at radius 1 is 1.22 bits per heavy atom. The van der Waals surface area contributed by atoms with Crippen LogP contribution in [-0.2, 0) is 6.42 Å². The van der Waals surface area contributed by atoms with Crippen molar-refractivity contribution in [2.24, 2.45) is 0 Å². The summed E-state index contributed by atoms with van der Waals surface area (Å²) in [4.78, 5) is 12.1. The van der Waals surface area contributed by atoms with Gasteiger partial charge < -0.3 is 0 Å². The van der Waals surface area contributed by atoms with E-state index in [2.05, 4.69) is 0 Å². The Morgan fingerprint density at radius 3 is 2.61 bits per heavy atom. The van der Waals surface area contributed by atoms with E-state index in [9.17, 15) is 9.18 Å². The van der Waals surface area contributed by atoms with Crippen molar-refractivity contribution < 1.29 is 9.18 Å². The first kappa shape index (κ1) is 12.8. The molecular formula is C15H12ClFO. The summed E-state index contributed by atoms with van der Waals surface area (Å²) in [5.74, 6) is -0.350. The van der Waals surface area contributed by atoms with Crippen molar-refractivity contribution in [3.05, 3.63) is 70.0 Å². The molecule has 0 saturated carbocycles. The maximum atomic E-state index is 13.0. The second kappa shape index (κ2) is 5.32. The van der Waals surface area contributed by atoms with Crippen molar-refractivity contribution in [2.45, 2.75) is 13.3 Å². The highest BCUT2D eigenvalue weighted by Crippen LogP contribution is 2.19. The lowest BCUT2D eigenvalue weighted by Gasteiger charge is -2.06. The minimum Gasteiger partial charge on any atom is -0.294 e. The molecule has 0 aliphatic carbocycles. The van der Waals surface area contributed by atoms with E-state index in [0.717, 1.165) is 11.1 Å². The molecule has 18 heavy (non-hydrogen) atoms. The molecule has 92 valence electrons. The number of hydrogen-bond donors (Lipinski definition) is 0. The molecule has 0 fully saturated rings. The van der Waals surface area contributed by atoms with E-state index >= 15 is 0 Å². The van der Waals surface area contributed by atoms with Crippen molar-refractivity contribution in [3.63, 3.8) is 0 Å². The van der Waals surface area contributed by atoms with Crippen LogP contribution < -0.4 is 0 Å². The first-order valence-electron chi connectivity index (χ1n) is 5.60. The Labute approximate surface area is 110 Å². The van der Waals surface area contributed by atoms with Crippen LogP contribution in [-0.4, -0.2) is 5.78 Å². The van der Waals surface area contributed by atoms with Gasteiger partial charge >= 0.3 is 0 Å². The van der Waals surface area contributed by atoms with E-state index in [0.29, 0.717) is 10.6 Å². The van der Waals surface area contributed by atoms with Crippen molar-refractivity contribution in [3.8, 4) is 0 Å². The van der Waals surface area contributed by atoms with Crippen LogP contribution in [0.25, 0.3) is 0 Å². The van der Waals surface area contributed by atoms with Gasteiger partial charge in [0.05, 0.1) is 5.02 Å². The highest BCUT2D eigenvalue weighted by atomic mass is 35.5. The van der Waals surface area contributed by atoms with Crippen LogP contribution in [0.15, 0.2) is 42.5 Å². The first-order chi connectivity index (χ1) is 8.58. The zero-order chi connectivity index (χ0) is 13.1. The molecule has 0 aromatic heterocycles. The summed E-state index contributed by atoms with van der Waals surface area (Å²) in [5.41, 5.74) is 2.10. The minimum absolute atomic E-state index is 0.0599. The van der Waals surface area contributed by atoms with Crippen LogP contribution in [0.3, 0.4) is 0 Å². The van der Waals surface area contributed by atoms with E-state index < -0.39 is 0 Å². The molecular weight excluding hydrogens is 251 g/mol. The number of Topliss-reactive ketones (excluding diaryl/α,β-unsaturated/α-hetero) is 1. The van der Waals surface area contributed by atoms with Crippen molar-refractivity contribution in [2.75, 3.05) is 0 Å². The van der Waals surface area contributed by atoms with Crippen LogP contribution in [0, 0.1) is 12.7 Å². The second-order valence-electron chi connectivity index (χ2n) is 4.15. The van der Waals surface area contributed by atoms with Gasteiger partial charge in [-0.1, -0.05) is 29.8 Å². The van der Waals surface area contributed by atoms with E-state index in [4.69, 9.17) is 11.6 Å². The molecule has 0 N–H and O–H groups in total. The van der Waals surface area contributed by atoms with Gasteiger partial charge in [-0.25, -0.2) is 4.39 Å². The first-order valence-corrected chi connectivity index (χ1v) is 5.98. The Balaban J connectivity index is 2.24. The molecule has 1 nitrogen and oxygen atoms in total. The third kappa shape index (κ3) is 2.77. The monoisotopic (exact) mass is 262 g/mol. The van der Waals surface area contributed by atoms with Crippen LogP contribution in [0.5, 0.6) is 0 Å². The minimum atomic E-state index is -0.290. The molecule has 0 atom stereocenters. The zero-order valence-electron chi connectivity index (χ0n) is 9.91. The third-order valence-corrected chi connectivity index (χ3v) is 3.16. The average Bonchev–Trinajstić information content (AvgIpc) is 2.33. The van der Waals surface area contributed by atoms with Gasteiger partial charge in [0.25, 0.3) is 0 Å². The largest absolute Gasteiger partial charge is 0.294 e. The normalized spacial score (nSPS) is 10.4. The van der Waals surface area contributed by atoms with Crippen LogP contribution in [0.2, 0.25) is 5.02 Å². The van der Waals surface area contributed by atoms with Gasteiger partial charge in [0.2, 0.25) is 0 Å². The number of rotatable bonds is 3. The topological polar surface area (TPSA) is 17.1 Å². The molecule has 0 radical (unpaired) electrons. The Bertz CT molecular complexity index is 593. The van der Waals surface area contributed by atoms with Crippen LogP contribution in [0.4, 0.5) is 4.39 Å². The molecule has 2 rings (SSSR count). The van der Waals surface area contributed by atoms with Gasteiger partial charge in [-0.05, 0) is 42.3 Å². The standard InChI is InChI=1S/C15H12ClFO/c1-10-8-12(17)7-6-11(10)9-15(18)13-4-2-3-5-14(13)16/h2-8H,9H2,1H3. The number of aryl methyl sites for hydroxylation is 1. The lowest BCUT2D eigenvalue weighted by molar-refractivity contribution is 0.0993. The number of carbonyl (C=O) groups is 1. The molecule has 0 heterocycles. The summed E-state index contributed by atoms with van der Waals surface area (Å²) in [5, 5.41) is 0.447. The SMILES string of the molecule is Cc1cc(F)ccc1CC(=O)c1ccccc1Cl. The smallest absolute Gasteiger partial charge is 0.168 e. The fourth-order valence-electron chi connectivity index (χ4n) is 1.81. The zero-order valence-corrected chi connectivity index (χ0v) is 10.7. The molecule has 3 heteroatoms. The molecule has 0 spiro atoms. The summed E-state index contributed by atoms with van der Waals surface area (Å²) >= 11 is 5.97. The fraction of sp³-hybridized carbons (Fsp3) is 0.133. The summed E-state index contributed by atoms with van der Waals surface area (Å²) in [6, 6.07) is 11.4. The van der Waals surface area contributed by atoms with Gasteiger partial charge in [0, 0.05) is 12.0 Å². The molecule has 2 aromatic rings. The number of halogens is 2. The average molecular weight is 263 g/mol. The van der Waals surface area contributed by atoms with Crippen LogP contribution >= 0.6 is 11.6 Å². The van der Waals surface area contributed by atoms with E-state index in [1.54, 1.807) is 37.3 Å². The second-order valence-corrected chi connectivity index (χ2v) is 4.56. The number of carbonyl (C=O) groups excluding carboxylic acids is 1. The lowest BCUT2D eigenvalue weighted by Crippen LogP contribution is -2.05. The van der Waals surface area contributed by atoms with E-state index in [1.165, 1.54) is 12.1 Å². The maximum Gasteiger partial charge on any atom is 0.168 e. The van der Waals surface area contributed by atoms with Gasteiger partial charge in [0.15, 0.2) is 5.78 Å². The van der Waals surface area contributed by atoms with Crippen molar-refractivity contribution >= 4 is 17.4 Å². The highest BCUT2D eigenvalue weighted by molar-refractivity contribution is 6.34. The van der Waals surface area contributed by atoms with E-state index in [-0.39, 0.29) is 18.0 Å². The van der Waals surface area contributed by atoms with Gasteiger partial charge in [-0.3, -0.25) is 4.79 Å². The van der Waals surface area contributed by atoms with Gasteiger partial charge in [-0.15, -0.1) is 0 Å². The predicted octanol–water partition coefficient (Wildman–Crippen LogP) is 4.21. The number of hydrogen-bond acceptors (Lipinski definition) is 1. The number of benzene rings is 2. The van der Waals surface area contributed by atoms with Crippen LogP contribution in [0.1, 0.15) is 21.5 Å². The molecule has 0 aliphatic heterocycles. The molecule has 0 saturated heterocycles. The van der Waals surface area contributed by atoms with Gasteiger partial charge in [-0.2, -0.15) is 0 Å². The summed E-state index contributed by atoms with van der Waals surface area (Å²) in [7, 11) is 0. The number of ketones is 1. The molecule has 2 aromatic carbocycles. The lowest BCUT2D eigenvalue weighted by atomic mass is 9.99. The van der Waals surface area contributed by atoms with E-state index in [1.807, 2.05) is 0 Å². The van der Waals surface area contributed by atoms with Gasteiger partial charge in [0.1, 0.15) is 5.82 Å². The predicted molar refractivity (Wildman–Crippen MR) is 70.6 cm³/mol.